The molecule has 0 spiro atoms. The molecule has 0 amide bonds. The first-order valence-electron chi connectivity index (χ1n) is 3.83. The lowest BCUT2D eigenvalue weighted by Gasteiger charge is -1.98. The van der Waals surface area contributed by atoms with Crippen LogP contribution in [0.2, 0.25) is 0 Å². The molecule has 11 heavy (non-hydrogen) atoms. The lowest BCUT2D eigenvalue weighted by Crippen LogP contribution is -1.98. The van der Waals surface area contributed by atoms with Crippen molar-refractivity contribution in [3.63, 3.8) is 0 Å². The summed E-state index contributed by atoms with van der Waals surface area (Å²) in [6.07, 6.45) is 0.911. The van der Waals surface area contributed by atoms with Gasteiger partial charge >= 0.3 is 0 Å². The first-order valence-corrected chi connectivity index (χ1v) is 3.83. The first kappa shape index (κ1) is 8.14. The second-order valence-electron chi connectivity index (χ2n) is 2.15. The van der Waals surface area contributed by atoms with E-state index in [2.05, 4.69) is 5.48 Å². The molecule has 1 aromatic rings. The van der Waals surface area contributed by atoms with Crippen LogP contribution in [0.1, 0.15) is 19.6 Å². The highest BCUT2D eigenvalue weighted by atomic mass is 16.7. The third-order valence-electron chi connectivity index (χ3n) is 1.33. The van der Waals surface area contributed by atoms with Crippen molar-refractivity contribution in [1.29, 1.82) is 0 Å². The molecule has 0 saturated heterocycles. The van der Waals surface area contributed by atoms with E-state index in [0.29, 0.717) is 12.5 Å². The standard InChI is InChI=1S/C8H13NO2/c1-3-7-5-6-8(11-7)9-10-4-2/h5-6,9H,3-4H2,1-2H3. The number of nitrogens with one attached hydrogen (secondary N) is 1. The van der Waals surface area contributed by atoms with Crippen molar-refractivity contribution in [2.75, 3.05) is 12.1 Å². The fourth-order valence-electron chi connectivity index (χ4n) is 0.766. The van der Waals surface area contributed by atoms with Crippen LogP contribution in [0.4, 0.5) is 5.88 Å². The molecular formula is C8H13NO2. The van der Waals surface area contributed by atoms with Gasteiger partial charge in [-0.1, -0.05) is 6.92 Å². The maximum absolute atomic E-state index is 5.30. The van der Waals surface area contributed by atoms with Gasteiger partial charge in [-0.25, -0.2) is 5.48 Å². The predicted molar refractivity (Wildman–Crippen MR) is 43.3 cm³/mol. The molecule has 0 radical (unpaired) electrons. The minimum absolute atomic E-state index is 0.627. The zero-order valence-electron chi connectivity index (χ0n) is 6.89. The van der Waals surface area contributed by atoms with Crippen LogP contribution in [-0.4, -0.2) is 6.61 Å². The summed E-state index contributed by atoms with van der Waals surface area (Å²) in [5.41, 5.74) is 2.68. The predicted octanol–water partition coefficient (Wildman–Crippen LogP) is 2.21. The molecule has 0 aliphatic rings. The maximum atomic E-state index is 5.30. The van der Waals surface area contributed by atoms with Gasteiger partial charge in [0.05, 0.1) is 6.61 Å². The molecule has 0 aliphatic carbocycles. The van der Waals surface area contributed by atoms with Crippen LogP contribution >= 0.6 is 0 Å². The number of rotatable bonds is 4. The van der Waals surface area contributed by atoms with Crippen molar-refractivity contribution < 1.29 is 9.25 Å². The van der Waals surface area contributed by atoms with Crippen LogP contribution in [0, 0.1) is 0 Å². The molecule has 0 fully saturated rings. The molecule has 3 heteroatoms. The molecule has 0 aliphatic heterocycles. The summed E-state index contributed by atoms with van der Waals surface area (Å²) in [4.78, 5) is 4.93. The topological polar surface area (TPSA) is 34.4 Å². The average molecular weight is 155 g/mol. The number of furan rings is 1. The molecule has 0 aromatic carbocycles. The summed E-state index contributed by atoms with van der Waals surface area (Å²) in [6.45, 7) is 4.59. The second kappa shape index (κ2) is 4.03. The molecule has 1 heterocycles. The highest BCUT2D eigenvalue weighted by molar-refractivity contribution is 5.29. The summed E-state index contributed by atoms with van der Waals surface area (Å²) in [5.74, 6) is 1.64. The molecule has 0 atom stereocenters. The second-order valence-corrected chi connectivity index (χ2v) is 2.15. The van der Waals surface area contributed by atoms with Gasteiger partial charge in [0.25, 0.3) is 0 Å². The molecule has 1 aromatic heterocycles. The van der Waals surface area contributed by atoms with Crippen LogP contribution in [0.25, 0.3) is 0 Å². The van der Waals surface area contributed by atoms with Crippen molar-refractivity contribution in [3.05, 3.63) is 17.9 Å². The minimum Gasteiger partial charge on any atom is -0.444 e. The van der Waals surface area contributed by atoms with Gasteiger partial charge in [-0.3, -0.25) is 4.84 Å². The highest BCUT2D eigenvalue weighted by Crippen LogP contribution is 2.12. The van der Waals surface area contributed by atoms with Crippen molar-refractivity contribution >= 4 is 5.88 Å². The van der Waals surface area contributed by atoms with Gasteiger partial charge in [0.1, 0.15) is 5.76 Å². The highest BCUT2D eigenvalue weighted by Gasteiger charge is 1.97. The van der Waals surface area contributed by atoms with E-state index in [0.717, 1.165) is 12.2 Å². The summed E-state index contributed by atoms with van der Waals surface area (Å²) in [7, 11) is 0. The Kier molecular flexibility index (Phi) is 2.98. The Bertz CT molecular complexity index is 208. The number of anilines is 1. The summed E-state index contributed by atoms with van der Waals surface area (Å²) in [5, 5.41) is 0. The van der Waals surface area contributed by atoms with Crippen LogP contribution in [0.3, 0.4) is 0 Å². The summed E-state index contributed by atoms with van der Waals surface area (Å²) >= 11 is 0. The molecule has 3 nitrogen and oxygen atoms in total. The molecule has 1 rings (SSSR count). The quantitative estimate of drug-likeness (QED) is 0.677. The Morgan fingerprint density at radius 1 is 1.45 bits per heavy atom. The lowest BCUT2D eigenvalue weighted by molar-refractivity contribution is 0.200. The van der Waals surface area contributed by atoms with E-state index >= 15 is 0 Å². The van der Waals surface area contributed by atoms with E-state index in [4.69, 9.17) is 9.25 Å². The zero-order chi connectivity index (χ0) is 8.10. The van der Waals surface area contributed by atoms with Gasteiger partial charge in [0.15, 0.2) is 0 Å². The Labute approximate surface area is 66.3 Å². The number of aryl methyl sites for hydroxylation is 1. The van der Waals surface area contributed by atoms with Gasteiger partial charge in [-0.2, -0.15) is 0 Å². The Hall–Kier alpha value is -0.960. The molecular weight excluding hydrogens is 142 g/mol. The SMILES string of the molecule is CCONc1ccc(CC)o1. The number of hydrogen-bond donors (Lipinski definition) is 1. The van der Waals surface area contributed by atoms with Gasteiger partial charge in [-0.15, -0.1) is 0 Å². The van der Waals surface area contributed by atoms with Gasteiger partial charge < -0.3 is 4.42 Å². The van der Waals surface area contributed by atoms with E-state index in [1.54, 1.807) is 0 Å². The summed E-state index contributed by atoms with van der Waals surface area (Å²) in [6, 6.07) is 3.79. The first-order chi connectivity index (χ1) is 5.36. The van der Waals surface area contributed by atoms with Gasteiger partial charge in [0.2, 0.25) is 5.88 Å². The minimum atomic E-state index is 0.627. The van der Waals surface area contributed by atoms with Crippen LogP contribution < -0.4 is 5.48 Å². The molecule has 0 saturated carbocycles. The fourth-order valence-corrected chi connectivity index (χ4v) is 0.766. The maximum Gasteiger partial charge on any atom is 0.216 e. The fraction of sp³-hybridized carbons (Fsp3) is 0.500. The van der Waals surface area contributed by atoms with Gasteiger partial charge in [0, 0.05) is 12.5 Å². The molecule has 0 unspecified atom stereocenters. The third kappa shape index (κ3) is 2.27. The third-order valence-corrected chi connectivity index (χ3v) is 1.33. The smallest absolute Gasteiger partial charge is 0.216 e. The lowest BCUT2D eigenvalue weighted by atomic mass is 10.4. The van der Waals surface area contributed by atoms with E-state index in [-0.39, 0.29) is 0 Å². The Balaban J connectivity index is 2.44. The van der Waals surface area contributed by atoms with Crippen molar-refractivity contribution in [2.45, 2.75) is 20.3 Å². The molecule has 1 N–H and O–H groups in total. The van der Waals surface area contributed by atoms with E-state index < -0.39 is 0 Å². The Morgan fingerprint density at radius 2 is 2.27 bits per heavy atom. The van der Waals surface area contributed by atoms with Crippen molar-refractivity contribution in [3.8, 4) is 0 Å². The van der Waals surface area contributed by atoms with Gasteiger partial charge in [-0.05, 0) is 13.0 Å². The van der Waals surface area contributed by atoms with Crippen LogP contribution in [0.15, 0.2) is 16.5 Å². The monoisotopic (exact) mass is 155 g/mol. The Morgan fingerprint density at radius 3 is 2.82 bits per heavy atom. The largest absolute Gasteiger partial charge is 0.444 e. The van der Waals surface area contributed by atoms with Crippen molar-refractivity contribution in [2.24, 2.45) is 0 Å². The zero-order valence-corrected chi connectivity index (χ0v) is 6.89. The molecule has 0 bridgehead atoms. The van der Waals surface area contributed by atoms with Crippen LogP contribution in [0.5, 0.6) is 0 Å². The van der Waals surface area contributed by atoms with E-state index in [1.165, 1.54) is 0 Å². The normalized spacial score (nSPS) is 10.0. The average Bonchev–Trinajstić information content (AvgIpc) is 2.48. The van der Waals surface area contributed by atoms with Crippen molar-refractivity contribution in [1.82, 2.24) is 0 Å². The summed E-state index contributed by atoms with van der Waals surface area (Å²) < 4.78 is 5.30. The van der Waals surface area contributed by atoms with E-state index in [1.807, 2.05) is 26.0 Å². The molecule has 62 valence electrons. The number of hydrogen-bond acceptors (Lipinski definition) is 3. The van der Waals surface area contributed by atoms with E-state index in [9.17, 15) is 0 Å². The van der Waals surface area contributed by atoms with Crippen LogP contribution in [-0.2, 0) is 11.3 Å².